The van der Waals surface area contributed by atoms with E-state index in [1.807, 2.05) is 17.0 Å². The van der Waals surface area contributed by atoms with Gasteiger partial charge in [0, 0.05) is 39.1 Å². The highest BCUT2D eigenvalue weighted by Gasteiger charge is 2.30. The normalized spacial score (nSPS) is 22.0. The molecule has 5 nitrogen and oxygen atoms in total. The minimum atomic E-state index is -0.234. The van der Waals surface area contributed by atoms with Gasteiger partial charge in [0.15, 0.2) is 0 Å². The first-order valence-corrected chi connectivity index (χ1v) is 8.57. The zero-order valence-corrected chi connectivity index (χ0v) is 14.1. The summed E-state index contributed by atoms with van der Waals surface area (Å²) < 4.78 is 13.1. The summed E-state index contributed by atoms with van der Waals surface area (Å²) in [6, 6.07) is 6.78. The number of carbonyl (C=O) groups is 2. The minimum absolute atomic E-state index is 0.0676. The highest BCUT2D eigenvalue weighted by Crippen LogP contribution is 2.31. The van der Waals surface area contributed by atoms with E-state index in [2.05, 4.69) is 4.90 Å². The SMILES string of the molecule is CC(=O)N1CCN(C(=O)CN2CCCC2c2ccc(F)cc2)CC1. The summed E-state index contributed by atoms with van der Waals surface area (Å²) in [5, 5.41) is 0. The van der Waals surface area contributed by atoms with E-state index in [4.69, 9.17) is 0 Å². The van der Waals surface area contributed by atoms with E-state index >= 15 is 0 Å². The number of likely N-dealkylation sites (tertiary alicyclic amines) is 1. The molecule has 0 radical (unpaired) electrons. The lowest BCUT2D eigenvalue weighted by atomic mass is 10.0. The van der Waals surface area contributed by atoms with Crippen molar-refractivity contribution in [2.24, 2.45) is 0 Å². The zero-order valence-electron chi connectivity index (χ0n) is 14.1. The minimum Gasteiger partial charge on any atom is -0.339 e. The molecule has 1 unspecified atom stereocenters. The van der Waals surface area contributed by atoms with Crippen molar-refractivity contribution in [2.45, 2.75) is 25.8 Å². The zero-order chi connectivity index (χ0) is 17.1. The Morgan fingerprint density at radius 2 is 1.67 bits per heavy atom. The number of amides is 2. The van der Waals surface area contributed by atoms with Crippen LogP contribution in [0.25, 0.3) is 0 Å². The molecule has 0 aliphatic carbocycles. The molecule has 130 valence electrons. The molecule has 0 saturated carbocycles. The monoisotopic (exact) mass is 333 g/mol. The van der Waals surface area contributed by atoms with Crippen LogP contribution >= 0.6 is 0 Å². The quantitative estimate of drug-likeness (QED) is 0.845. The third-order valence-electron chi connectivity index (χ3n) is 5.03. The maximum atomic E-state index is 13.1. The summed E-state index contributed by atoms with van der Waals surface area (Å²) in [7, 11) is 0. The molecular weight excluding hydrogens is 309 g/mol. The topological polar surface area (TPSA) is 43.9 Å². The number of piperazine rings is 1. The van der Waals surface area contributed by atoms with E-state index in [9.17, 15) is 14.0 Å². The van der Waals surface area contributed by atoms with Crippen molar-refractivity contribution in [2.75, 3.05) is 39.3 Å². The van der Waals surface area contributed by atoms with Gasteiger partial charge in [-0.25, -0.2) is 4.39 Å². The molecular formula is C18H24FN3O2. The lowest BCUT2D eigenvalue weighted by Gasteiger charge is -2.35. The average Bonchev–Trinajstić information content (AvgIpc) is 3.03. The summed E-state index contributed by atoms with van der Waals surface area (Å²) in [5.41, 5.74) is 1.07. The second kappa shape index (κ2) is 7.30. The molecule has 0 aromatic heterocycles. The van der Waals surface area contributed by atoms with Crippen molar-refractivity contribution in [3.63, 3.8) is 0 Å². The standard InChI is InChI=1S/C18H24FN3O2/c1-14(23)20-9-11-21(12-10-20)18(24)13-22-8-2-3-17(22)15-4-6-16(19)7-5-15/h4-7,17H,2-3,8-13H2,1H3. The van der Waals surface area contributed by atoms with Crippen LogP contribution in [0.15, 0.2) is 24.3 Å². The Morgan fingerprint density at radius 1 is 1.04 bits per heavy atom. The number of hydrogen-bond donors (Lipinski definition) is 0. The van der Waals surface area contributed by atoms with Gasteiger partial charge in [0.1, 0.15) is 5.82 Å². The third kappa shape index (κ3) is 3.75. The van der Waals surface area contributed by atoms with Gasteiger partial charge in [0.2, 0.25) is 11.8 Å². The van der Waals surface area contributed by atoms with Crippen molar-refractivity contribution >= 4 is 11.8 Å². The van der Waals surface area contributed by atoms with Gasteiger partial charge in [-0.3, -0.25) is 14.5 Å². The van der Waals surface area contributed by atoms with Gasteiger partial charge in [-0.15, -0.1) is 0 Å². The predicted octanol–water partition coefficient (Wildman–Crippen LogP) is 1.65. The van der Waals surface area contributed by atoms with E-state index in [0.717, 1.165) is 24.9 Å². The molecule has 2 aliphatic rings. The number of benzene rings is 1. The number of nitrogens with zero attached hydrogens (tertiary/aromatic N) is 3. The molecule has 2 saturated heterocycles. The second-order valence-electron chi connectivity index (χ2n) is 6.57. The molecule has 2 aliphatic heterocycles. The summed E-state index contributed by atoms with van der Waals surface area (Å²) in [5.74, 6) is -0.0482. The Balaban J connectivity index is 1.57. The molecule has 2 amide bonds. The van der Waals surface area contributed by atoms with Crippen LogP contribution in [-0.4, -0.2) is 65.8 Å². The van der Waals surface area contributed by atoms with Gasteiger partial charge in [-0.2, -0.15) is 0 Å². The van der Waals surface area contributed by atoms with E-state index in [0.29, 0.717) is 32.7 Å². The summed E-state index contributed by atoms with van der Waals surface area (Å²) >= 11 is 0. The molecule has 0 spiro atoms. The lowest BCUT2D eigenvalue weighted by molar-refractivity contribution is -0.139. The van der Waals surface area contributed by atoms with Gasteiger partial charge in [0.05, 0.1) is 6.54 Å². The molecule has 0 bridgehead atoms. The number of hydrogen-bond acceptors (Lipinski definition) is 3. The molecule has 1 aromatic rings. The molecule has 2 heterocycles. The van der Waals surface area contributed by atoms with Crippen LogP contribution in [0.1, 0.15) is 31.4 Å². The molecule has 1 atom stereocenters. The Hall–Kier alpha value is -1.95. The van der Waals surface area contributed by atoms with Crippen LogP contribution in [0.4, 0.5) is 4.39 Å². The highest BCUT2D eigenvalue weighted by molar-refractivity contribution is 5.79. The fraction of sp³-hybridized carbons (Fsp3) is 0.556. The number of rotatable bonds is 3. The van der Waals surface area contributed by atoms with Crippen molar-refractivity contribution in [1.29, 1.82) is 0 Å². The Morgan fingerprint density at radius 3 is 2.29 bits per heavy atom. The Kier molecular flexibility index (Phi) is 5.14. The smallest absolute Gasteiger partial charge is 0.236 e. The first-order chi connectivity index (χ1) is 11.5. The molecule has 2 fully saturated rings. The number of carbonyl (C=O) groups excluding carboxylic acids is 2. The molecule has 0 N–H and O–H groups in total. The fourth-order valence-electron chi connectivity index (χ4n) is 3.62. The largest absolute Gasteiger partial charge is 0.339 e. The van der Waals surface area contributed by atoms with Crippen LogP contribution in [-0.2, 0) is 9.59 Å². The van der Waals surface area contributed by atoms with E-state index < -0.39 is 0 Å². The van der Waals surface area contributed by atoms with Gasteiger partial charge < -0.3 is 9.80 Å². The van der Waals surface area contributed by atoms with Gasteiger partial charge in [-0.1, -0.05) is 12.1 Å². The molecule has 24 heavy (non-hydrogen) atoms. The van der Waals surface area contributed by atoms with E-state index in [1.54, 1.807) is 11.8 Å². The summed E-state index contributed by atoms with van der Waals surface area (Å²) in [4.78, 5) is 29.8. The lowest BCUT2D eigenvalue weighted by Crippen LogP contribution is -2.52. The Labute approximate surface area is 142 Å². The predicted molar refractivity (Wildman–Crippen MR) is 88.8 cm³/mol. The van der Waals surface area contributed by atoms with E-state index in [1.165, 1.54) is 12.1 Å². The maximum Gasteiger partial charge on any atom is 0.236 e. The highest BCUT2D eigenvalue weighted by atomic mass is 19.1. The summed E-state index contributed by atoms with van der Waals surface area (Å²) in [6.07, 6.45) is 2.05. The van der Waals surface area contributed by atoms with Gasteiger partial charge >= 0.3 is 0 Å². The third-order valence-corrected chi connectivity index (χ3v) is 5.03. The second-order valence-corrected chi connectivity index (χ2v) is 6.57. The first kappa shape index (κ1) is 16.9. The molecule has 3 rings (SSSR count). The van der Waals surface area contributed by atoms with Crippen molar-refractivity contribution < 1.29 is 14.0 Å². The van der Waals surface area contributed by atoms with Crippen LogP contribution in [0.5, 0.6) is 0 Å². The first-order valence-electron chi connectivity index (χ1n) is 8.57. The van der Waals surface area contributed by atoms with Crippen LogP contribution < -0.4 is 0 Å². The van der Waals surface area contributed by atoms with Crippen molar-refractivity contribution in [3.05, 3.63) is 35.6 Å². The van der Waals surface area contributed by atoms with Gasteiger partial charge in [0.25, 0.3) is 0 Å². The van der Waals surface area contributed by atoms with Crippen LogP contribution in [0.3, 0.4) is 0 Å². The molecule has 6 heteroatoms. The van der Waals surface area contributed by atoms with E-state index in [-0.39, 0.29) is 23.7 Å². The van der Waals surface area contributed by atoms with Crippen LogP contribution in [0.2, 0.25) is 0 Å². The van der Waals surface area contributed by atoms with Gasteiger partial charge in [-0.05, 0) is 37.1 Å². The van der Waals surface area contributed by atoms with Crippen molar-refractivity contribution in [3.8, 4) is 0 Å². The number of halogens is 1. The van der Waals surface area contributed by atoms with Crippen molar-refractivity contribution in [1.82, 2.24) is 14.7 Å². The van der Waals surface area contributed by atoms with Crippen LogP contribution in [0, 0.1) is 5.82 Å². The molecule has 1 aromatic carbocycles. The average molecular weight is 333 g/mol. The Bertz CT molecular complexity index is 597. The maximum absolute atomic E-state index is 13.1. The summed E-state index contributed by atoms with van der Waals surface area (Å²) in [6.45, 7) is 5.28. The fourth-order valence-corrected chi connectivity index (χ4v) is 3.62.